The van der Waals surface area contributed by atoms with Crippen LogP contribution in [0.2, 0.25) is 0 Å². The van der Waals surface area contributed by atoms with Crippen molar-refractivity contribution in [3.63, 3.8) is 0 Å². The zero-order valence-electron chi connectivity index (χ0n) is 17.7. The van der Waals surface area contributed by atoms with E-state index in [1.807, 2.05) is 23.1 Å². The molecule has 1 saturated carbocycles. The summed E-state index contributed by atoms with van der Waals surface area (Å²) >= 11 is 0. The molecule has 0 aromatic heterocycles. The van der Waals surface area contributed by atoms with Gasteiger partial charge >= 0.3 is 6.03 Å². The fourth-order valence-corrected chi connectivity index (χ4v) is 5.27. The molecule has 4 rings (SSSR count). The third kappa shape index (κ3) is 4.68. The van der Waals surface area contributed by atoms with Crippen LogP contribution in [0.3, 0.4) is 0 Å². The smallest absolute Gasteiger partial charge is 0.325 e. The van der Waals surface area contributed by atoms with Crippen LogP contribution in [-0.2, 0) is 16.0 Å². The molecule has 1 aromatic carbocycles. The van der Waals surface area contributed by atoms with Gasteiger partial charge in [-0.25, -0.2) is 4.79 Å². The van der Waals surface area contributed by atoms with Gasteiger partial charge < -0.3 is 10.2 Å². The molecule has 0 spiro atoms. The van der Waals surface area contributed by atoms with Crippen LogP contribution in [0.25, 0.3) is 0 Å². The van der Waals surface area contributed by atoms with Gasteiger partial charge in [-0.05, 0) is 50.5 Å². The van der Waals surface area contributed by atoms with E-state index in [0.29, 0.717) is 0 Å². The Bertz CT molecular complexity index is 760. The van der Waals surface area contributed by atoms with Crippen molar-refractivity contribution >= 4 is 17.8 Å². The lowest BCUT2D eigenvalue weighted by Crippen LogP contribution is -2.47. The number of hydrogen-bond acceptors (Lipinski definition) is 3. The van der Waals surface area contributed by atoms with Gasteiger partial charge in [0, 0.05) is 18.6 Å². The van der Waals surface area contributed by atoms with Crippen molar-refractivity contribution in [3.05, 3.63) is 35.9 Å². The van der Waals surface area contributed by atoms with E-state index in [9.17, 15) is 14.4 Å². The molecule has 3 aliphatic rings. The Balaban J connectivity index is 1.35. The average Bonchev–Trinajstić information content (AvgIpc) is 3.06. The maximum Gasteiger partial charge on any atom is 0.325 e. The maximum absolute atomic E-state index is 13.1. The van der Waals surface area contributed by atoms with E-state index in [-0.39, 0.29) is 36.3 Å². The van der Waals surface area contributed by atoms with Gasteiger partial charge in [0.05, 0.1) is 6.42 Å². The van der Waals surface area contributed by atoms with Gasteiger partial charge in [-0.3, -0.25) is 14.5 Å². The standard InChI is InChI=1S/C24H33N3O3/c28-22(17-21-23(29)27(24(30)25-21)20-12-5-2-6-13-20)26-16-8-7-11-19(26)15-14-18-9-3-1-4-10-18/h1,3-4,9-10,19-21H,2,5-8,11-17H2,(H,25,30)/t19-,21-/m1/s1. The van der Waals surface area contributed by atoms with E-state index in [1.165, 1.54) is 16.9 Å². The number of benzene rings is 1. The molecule has 1 aliphatic carbocycles. The Morgan fingerprint density at radius 3 is 2.47 bits per heavy atom. The van der Waals surface area contributed by atoms with E-state index in [0.717, 1.165) is 64.3 Å². The molecule has 30 heavy (non-hydrogen) atoms. The van der Waals surface area contributed by atoms with E-state index < -0.39 is 6.04 Å². The van der Waals surface area contributed by atoms with Crippen LogP contribution in [0.4, 0.5) is 4.79 Å². The number of rotatable bonds is 6. The fraction of sp³-hybridized carbons (Fsp3) is 0.625. The Morgan fingerprint density at radius 2 is 1.70 bits per heavy atom. The Kier molecular flexibility index (Phi) is 6.70. The van der Waals surface area contributed by atoms with Gasteiger partial charge in [0.15, 0.2) is 0 Å². The van der Waals surface area contributed by atoms with Crippen LogP contribution < -0.4 is 5.32 Å². The lowest BCUT2D eigenvalue weighted by molar-refractivity contribution is -0.139. The first-order valence-electron chi connectivity index (χ1n) is 11.6. The highest BCUT2D eigenvalue weighted by molar-refractivity contribution is 6.06. The lowest BCUT2D eigenvalue weighted by atomic mass is 9.94. The second-order valence-electron chi connectivity index (χ2n) is 8.97. The summed E-state index contributed by atoms with van der Waals surface area (Å²) in [5.41, 5.74) is 1.29. The topological polar surface area (TPSA) is 69.7 Å². The molecule has 6 nitrogen and oxygen atoms in total. The molecular formula is C24H33N3O3. The van der Waals surface area contributed by atoms with Crippen LogP contribution in [0, 0.1) is 0 Å². The molecule has 1 N–H and O–H groups in total. The Morgan fingerprint density at radius 1 is 0.967 bits per heavy atom. The summed E-state index contributed by atoms with van der Waals surface area (Å²) in [6.45, 7) is 0.749. The molecule has 162 valence electrons. The minimum atomic E-state index is -0.705. The van der Waals surface area contributed by atoms with Gasteiger partial charge in [0.2, 0.25) is 5.91 Å². The van der Waals surface area contributed by atoms with Gasteiger partial charge in [0.25, 0.3) is 5.91 Å². The molecule has 0 unspecified atom stereocenters. The number of hydrogen-bond donors (Lipinski definition) is 1. The number of carbonyl (C=O) groups is 3. The summed E-state index contributed by atoms with van der Waals surface area (Å²) in [5.74, 6) is -0.213. The quantitative estimate of drug-likeness (QED) is 0.727. The van der Waals surface area contributed by atoms with E-state index in [2.05, 4.69) is 17.4 Å². The van der Waals surface area contributed by atoms with Crippen LogP contribution in [0.15, 0.2) is 30.3 Å². The Hall–Kier alpha value is -2.37. The first kappa shape index (κ1) is 20.9. The summed E-state index contributed by atoms with van der Waals surface area (Å²) in [5, 5.41) is 2.78. The monoisotopic (exact) mass is 411 g/mol. The molecule has 0 bridgehead atoms. The third-order valence-electron chi connectivity index (χ3n) is 6.93. The van der Waals surface area contributed by atoms with Crippen molar-refractivity contribution in [2.75, 3.05) is 6.54 Å². The molecule has 2 saturated heterocycles. The number of imide groups is 1. The van der Waals surface area contributed by atoms with Gasteiger partial charge in [0.1, 0.15) is 6.04 Å². The number of piperidine rings is 1. The minimum Gasteiger partial charge on any atom is -0.340 e. The lowest BCUT2D eigenvalue weighted by Gasteiger charge is -2.36. The van der Waals surface area contributed by atoms with Crippen molar-refractivity contribution in [1.82, 2.24) is 15.1 Å². The normalized spacial score (nSPS) is 25.5. The van der Waals surface area contributed by atoms with Crippen LogP contribution in [-0.4, -0.2) is 52.3 Å². The highest BCUT2D eigenvalue weighted by Crippen LogP contribution is 2.27. The van der Waals surface area contributed by atoms with Crippen LogP contribution >= 0.6 is 0 Å². The first-order valence-corrected chi connectivity index (χ1v) is 11.6. The highest BCUT2D eigenvalue weighted by Gasteiger charge is 2.43. The van der Waals surface area contributed by atoms with E-state index in [1.54, 1.807) is 0 Å². The molecule has 1 aromatic rings. The average molecular weight is 412 g/mol. The zero-order valence-corrected chi connectivity index (χ0v) is 17.7. The van der Waals surface area contributed by atoms with Gasteiger partial charge in [-0.2, -0.15) is 0 Å². The molecular weight excluding hydrogens is 378 g/mol. The van der Waals surface area contributed by atoms with Crippen molar-refractivity contribution in [3.8, 4) is 0 Å². The van der Waals surface area contributed by atoms with E-state index in [4.69, 9.17) is 0 Å². The SMILES string of the molecule is O=C1N[C@H](CC(=O)N2CCCC[C@@H]2CCc2ccccc2)C(=O)N1C1CCCCC1. The van der Waals surface area contributed by atoms with Crippen molar-refractivity contribution in [2.24, 2.45) is 0 Å². The molecule has 2 atom stereocenters. The second-order valence-corrected chi connectivity index (χ2v) is 8.97. The van der Waals surface area contributed by atoms with Gasteiger partial charge in [-0.15, -0.1) is 0 Å². The number of nitrogens with one attached hydrogen (secondary N) is 1. The summed E-state index contributed by atoms with van der Waals surface area (Å²) in [4.78, 5) is 41.8. The number of nitrogens with zero attached hydrogens (tertiary/aromatic N) is 2. The minimum absolute atomic E-state index is 0.0000374. The number of urea groups is 1. The largest absolute Gasteiger partial charge is 0.340 e. The predicted molar refractivity (Wildman–Crippen MR) is 115 cm³/mol. The second kappa shape index (κ2) is 9.63. The molecule has 2 heterocycles. The highest BCUT2D eigenvalue weighted by atomic mass is 16.2. The summed E-state index contributed by atoms with van der Waals surface area (Å²) < 4.78 is 0. The molecule has 3 fully saturated rings. The number of likely N-dealkylation sites (tertiary alicyclic amines) is 1. The third-order valence-corrected chi connectivity index (χ3v) is 6.93. The molecule has 6 heteroatoms. The molecule has 0 radical (unpaired) electrons. The maximum atomic E-state index is 13.1. The summed E-state index contributed by atoms with van der Waals surface area (Å²) in [7, 11) is 0. The zero-order chi connectivity index (χ0) is 20.9. The predicted octanol–water partition coefficient (Wildman–Crippen LogP) is 3.64. The molecule has 4 amide bonds. The van der Waals surface area contributed by atoms with Crippen LogP contribution in [0.5, 0.6) is 0 Å². The number of aryl methyl sites for hydroxylation is 1. The van der Waals surface area contributed by atoms with E-state index >= 15 is 0 Å². The van der Waals surface area contributed by atoms with Crippen molar-refractivity contribution < 1.29 is 14.4 Å². The Labute approximate surface area is 179 Å². The van der Waals surface area contributed by atoms with Gasteiger partial charge in [-0.1, -0.05) is 49.6 Å². The summed E-state index contributed by atoms with van der Waals surface area (Å²) in [6.07, 6.45) is 10.2. The summed E-state index contributed by atoms with van der Waals surface area (Å²) in [6, 6.07) is 9.56. The first-order chi connectivity index (χ1) is 14.6. The number of carbonyl (C=O) groups excluding carboxylic acids is 3. The van der Waals surface area contributed by atoms with Crippen molar-refractivity contribution in [2.45, 2.75) is 88.8 Å². The van der Waals surface area contributed by atoms with Crippen molar-refractivity contribution in [1.29, 1.82) is 0 Å². The number of amides is 4. The fourth-order valence-electron chi connectivity index (χ4n) is 5.27. The van der Waals surface area contributed by atoms with Crippen LogP contribution in [0.1, 0.15) is 69.8 Å². The molecule has 2 aliphatic heterocycles.